The number of H-pyrrole nitrogens is 1. The van der Waals surface area contributed by atoms with E-state index in [1.807, 2.05) is 0 Å². The summed E-state index contributed by atoms with van der Waals surface area (Å²) in [6, 6.07) is 1.27. The molecule has 2 aliphatic rings. The first-order valence-electron chi connectivity index (χ1n) is 13.1. The lowest BCUT2D eigenvalue weighted by Crippen LogP contribution is -2.65. The number of ether oxygens (including phenoxy) is 1. The molecule has 1 unspecified atom stereocenters. The second-order valence-corrected chi connectivity index (χ2v) is 20.2. The number of fused-ring (bicyclic) bond motifs is 1. The highest BCUT2D eigenvalue weighted by molar-refractivity contribution is 6.83. The van der Waals surface area contributed by atoms with E-state index in [2.05, 4.69) is 60.4 Å². The number of aromatic nitrogens is 2. The van der Waals surface area contributed by atoms with Gasteiger partial charge in [0.1, 0.15) is 12.3 Å². The molecule has 0 aromatic carbocycles. The van der Waals surface area contributed by atoms with Crippen LogP contribution in [0.3, 0.4) is 0 Å². The fourth-order valence-electron chi connectivity index (χ4n) is 5.77. The van der Waals surface area contributed by atoms with E-state index in [0.717, 1.165) is 0 Å². The highest BCUT2D eigenvalue weighted by Crippen LogP contribution is 2.50. The summed E-state index contributed by atoms with van der Waals surface area (Å²) < 4.78 is 28.9. The van der Waals surface area contributed by atoms with Crippen LogP contribution in [0.4, 0.5) is 0 Å². The molecule has 3 rings (SSSR count). The molecule has 0 radical (unpaired) electrons. The molecule has 0 amide bonds. The van der Waals surface area contributed by atoms with Gasteiger partial charge in [0.2, 0.25) is 0 Å². The summed E-state index contributed by atoms with van der Waals surface area (Å²) in [6.07, 6.45) is -1.33. The molecular formula is C24H44N2O8Si2. The zero-order valence-corrected chi connectivity index (χ0v) is 24.8. The molecule has 2 aliphatic heterocycles. The van der Waals surface area contributed by atoms with Crippen LogP contribution in [0.15, 0.2) is 21.9 Å². The lowest BCUT2D eigenvalue weighted by atomic mass is 9.93. The second-order valence-electron chi connectivity index (χ2n) is 11.4. The maximum absolute atomic E-state index is 12.7. The van der Waals surface area contributed by atoms with Crippen molar-refractivity contribution in [2.24, 2.45) is 5.92 Å². The largest absolute Gasteiger partial charge is 0.414 e. The molecule has 3 heterocycles. The Morgan fingerprint density at radius 1 is 1.03 bits per heavy atom. The summed E-state index contributed by atoms with van der Waals surface area (Å²) in [7, 11) is -5.73. The summed E-state index contributed by atoms with van der Waals surface area (Å²) in [5.74, 6) is -0.482. The number of aromatic amines is 1. The maximum atomic E-state index is 12.7. The SMILES string of the molecule is CC(C)[Si]1(C(C)C)OC[C@H]2O[C@@H](n3ccc(=O)[nH]c3=O)[C@H](CC(O)CO)[C@@H]2O[Si](C(C)C)(C(C)C)O1. The number of aliphatic hydroxyl groups is 2. The lowest BCUT2D eigenvalue weighted by Gasteiger charge is -2.51. The Hall–Kier alpha value is -1.13. The van der Waals surface area contributed by atoms with Gasteiger partial charge in [0.25, 0.3) is 5.56 Å². The highest BCUT2D eigenvalue weighted by atomic mass is 28.5. The molecule has 0 saturated carbocycles. The van der Waals surface area contributed by atoms with E-state index >= 15 is 0 Å². The first kappa shape index (κ1) is 29.4. The van der Waals surface area contributed by atoms with Gasteiger partial charge >= 0.3 is 22.8 Å². The van der Waals surface area contributed by atoms with Crippen LogP contribution < -0.4 is 11.2 Å². The number of nitrogens with zero attached hydrogens (tertiary/aromatic N) is 1. The van der Waals surface area contributed by atoms with E-state index < -0.39 is 65.4 Å². The van der Waals surface area contributed by atoms with E-state index in [1.54, 1.807) is 0 Å². The molecule has 0 spiro atoms. The van der Waals surface area contributed by atoms with E-state index in [1.165, 1.54) is 16.8 Å². The van der Waals surface area contributed by atoms with Crippen molar-refractivity contribution < 1.29 is 27.9 Å². The molecule has 2 fully saturated rings. The van der Waals surface area contributed by atoms with Crippen molar-refractivity contribution in [1.29, 1.82) is 0 Å². The Balaban J connectivity index is 2.16. The van der Waals surface area contributed by atoms with Crippen LogP contribution in [-0.2, 0) is 17.7 Å². The number of hydrogen-bond donors (Lipinski definition) is 3. The zero-order chi connectivity index (χ0) is 27.0. The molecule has 5 atom stereocenters. The van der Waals surface area contributed by atoms with E-state index in [-0.39, 0.29) is 35.2 Å². The van der Waals surface area contributed by atoms with Crippen LogP contribution in [0.2, 0.25) is 22.2 Å². The topological polar surface area (TPSA) is 132 Å². The zero-order valence-electron chi connectivity index (χ0n) is 22.8. The molecule has 36 heavy (non-hydrogen) atoms. The molecule has 10 nitrogen and oxygen atoms in total. The maximum Gasteiger partial charge on any atom is 0.335 e. The first-order chi connectivity index (χ1) is 16.8. The quantitative estimate of drug-likeness (QED) is 0.426. The Bertz CT molecular complexity index is 979. The standard InChI is InChI=1S/C24H44N2O8Si2/c1-14(2)35(15(3)4)31-13-20-22(33-36(34-35,16(5)6)17(7)8)19(11-18(28)12-27)23(32-20)26-10-9-21(29)25-24(26)30/h9-10,14-20,22-23,27-28H,11-13H2,1-8H3,(H,25,29,30)/t18?,19-,20-,22+,23-/m1/s1. The van der Waals surface area contributed by atoms with Gasteiger partial charge < -0.3 is 27.9 Å². The van der Waals surface area contributed by atoms with E-state index in [9.17, 15) is 19.8 Å². The van der Waals surface area contributed by atoms with Crippen molar-refractivity contribution in [3.8, 4) is 0 Å². The highest BCUT2D eigenvalue weighted by Gasteiger charge is 2.61. The van der Waals surface area contributed by atoms with Crippen LogP contribution in [0.25, 0.3) is 0 Å². The van der Waals surface area contributed by atoms with Crippen molar-refractivity contribution in [3.63, 3.8) is 0 Å². The first-order valence-corrected chi connectivity index (χ1v) is 17.0. The monoisotopic (exact) mass is 544 g/mol. The molecule has 0 aliphatic carbocycles. The fourth-order valence-corrected chi connectivity index (χ4v) is 17.0. The van der Waals surface area contributed by atoms with Gasteiger partial charge in [-0.05, 0) is 28.6 Å². The molecule has 206 valence electrons. The molecule has 12 heteroatoms. The van der Waals surface area contributed by atoms with Crippen LogP contribution in [-0.4, -0.2) is 68.4 Å². The fraction of sp³-hybridized carbons (Fsp3) is 0.833. The van der Waals surface area contributed by atoms with Crippen LogP contribution in [0.5, 0.6) is 0 Å². The summed E-state index contributed by atoms with van der Waals surface area (Å²) >= 11 is 0. The van der Waals surface area contributed by atoms with Gasteiger partial charge in [0.15, 0.2) is 0 Å². The summed E-state index contributed by atoms with van der Waals surface area (Å²) in [5, 5.41) is 20.1. The van der Waals surface area contributed by atoms with Gasteiger partial charge in [-0.1, -0.05) is 55.4 Å². The molecule has 1 aromatic heterocycles. The Kier molecular flexibility index (Phi) is 9.25. The van der Waals surface area contributed by atoms with Gasteiger partial charge in [-0.15, -0.1) is 0 Å². The van der Waals surface area contributed by atoms with Crippen molar-refractivity contribution in [2.45, 2.75) is 109 Å². The molecular weight excluding hydrogens is 500 g/mol. The molecule has 2 saturated heterocycles. The Labute approximate surface area is 215 Å². The Morgan fingerprint density at radius 2 is 1.61 bits per heavy atom. The predicted molar refractivity (Wildman–Crippen MR) is 140 cm³/mol. The molecule has 3 N–H and O–H groups in total. The summed E-state index contributed by atoms with van der Waals surface area (Å²) in [4.78, 5) is 26.7. The summed E-state index contributed by atoms with van der Waals surface area (Å²) in [6.45, 7) is 16.9. The van der Waals surface area contributed by atoms with Crippen molar-refractivity contribution >= 4 is 17.1 Å². The molecule has 1 aromatic rings. The smallest absolute Gasteiger partial charge is 0.335 e. The number of hydrogen-bond acceptors (Lipinski definition) is 8. The normalized spacial score (nSPS) is 28.9. The number of nitrogens with one attached hydrogen (secondary N) is 1. The second kappa shape index (κ2) is 11.3. The average molecular weight is 545 g/mol. The number of aliphatic hydroxyl groups excluding tert-OH is 2. The van der Waals surface area contributed by atoms with E-state index in [0.29, 0.717) is 0 Å². The van der Waals surface area contributed by atoms with Crippen LogP contribution in [0, 0.1) is 5.92 Å². The third-order valence-corrected chi connectivity index (χ3v) is 17.9. The van der Waals surface area contributed by atoms with Crippen molar-refractivity contribution in [1.82, 2.24) is 9.55 Å². The van der Waals surface area contributed by atoms with Gasteiger partial charge in [0.05, 0.1) is 25.4 Å². The van der Waals surface area contributed by atoms with Gasteiger partial charge in [-0.2, -0.15) is 0 Å². The lowest BCUT2D eigenvalue weighted by molar-refractivity contribution is -0.0580. The summed E-state index contributed by atoms with van der Waals surface area (Å²) in [5.41, 5.74) is -0.561. The Morgan fingerprint density at radius 3 is 2.11 bits per heavy atom. The van der Waals surface area contributed by atoms with Gasteiger partial charge in [-0.25, -0.2) is 4.79 Å². The van der Waals surface area contributed by atoms with Crippen molar-refractivity contribution in [2.75, 3.05) is 13.2 Å². The van der Waals surface area contributed by atoms with Crippen LogP contribution in [0.1, 0.15) is 68.0 Å². The number of rotatable bonds is 8. The predicted octanol–water partition coefficient (Wildman–Crippen LogP) is 2.75. The minimum atomic E-state index is -2.96. The molecule has 0 bridgehead atoms. The third-order valence-electron chi connectivity index (χ3n) is 7.68. The third kappa shape index (κ3) is 5.37. The average Bonchev–Trinajstić information content (AvgIpc) is 3.08. The van der Waals surface area contributed by atoms with Gasteiger partial charge in [-0.3, -0.25) is 14.3 Å². The minimum absolute atomic E-state index is 0.0995. The minimum Gasteiger partial charge on any atom is -0.414 e. The van der Waals surface area contributed by atoms with Gasteiger partial charge in [0, 0.05) is 18.2 Å². The van der Waals surface area contributed by atoms with E-state index in [4.69, 9.17) is 17.7 Å². The van der Waals surface area contributed by atoms with Crippen molar-refractivity contribution in [3.05, 3.63) is 33.1 Å². The van der Waals surface area contributed by atoms with Crippen LogP contribution >= 0.6 is 0 Å².